The van der Waals surface area contributed by atoms with Crippen molar-refractivity contribution in [3.8, 4) is 5.75 Å². The Bertz CT molecular complexity index is 1110. The van der Waals surface area contributed by atoms with Gasteiger partial charge in [-0.15, -0.1) is 0 Å². The lowest BCUT2D eigenvalue weighted by atomic mass is 10.2. The highest BCUT2D eigenvalue weighted by Gasteiger charge is 2.11. The predicted molar refractivity (Wildman–Crippen MR) is 130 cm³/mol. The van der Waals surface area contributed by atoms with Gasteiger partial charge in [-0.25, -0.2) is 15.4 Å². The number of rotatable bonds is 8. The molecule has 1 aromatic heterocycles. The van der Waals surface area contributed by atoms with Gasteiger partial charge in [-0.2, -0.15) is 5.10 Å². The fraction of sp³-hybridized carbons (Fsp3) is 0.182. The van der Waals surface area contributed by atoms with Crippen molar-refractivity contribution in [3.05, 3.63) is 80.0 Å². The molecule has 0 spiro atoms. The van der Waals surface area contributed by atoms with Gasteiger partial charge in [0.2, 0.25) is 0 Å². The van der Waals surface area contributed by atoms with E-state index < -0.39 is 0 Å². The van der Waals surface area contributed by atoms with Crippen molar-refractivity contribution >= 4 is 58.7 Å². The molecular weight excluding hydrogens is 491 g/mol. The molecule has 0 aliphatic carbocycles. The molecule has 0 aliphatic heterocycles. The average Bonchev–Trinajstić information content (AvgIpc) is 2.72. The topological polar surface area (TPSA) is 76.5 Å². The number of nitrogens with one attached hydrogen (secondary N) is 1. The van der Waals surface area contributed by atoms with Gasteiger partial charge in [-0.05, 0) is 43.7 Å². The molecule has 0 saturated heterocycles. The Balaban J connectivity index is 1.55. The molecule has 0 aliphatic rings. The van der Waals surface area contributed by atoms with Gasteiger partial charge in [-0.1, -0.05) is 64.8 Å². The molecule has 0 bridgehead atoms. The molecule has 1 N–H and O–H groups in total. The largest absolute Gasteiger partial charge is 0.486 e. The van der Waals surface area contributed by atoms with E-state index in [1.807, 2.05) is 38.1 Å². The first-order valence-electron chi connectivity index (χ1n) is 9.44. The first-order valence-corrected chi connectivity index (χ1v) is 11.6. The van der Waals surface area contributed by atoms with Gasteiger partial charge >= 0.3 is 0 Å². The van der Waals surface area contributed by atoms with Crippen molar-refractivity contribution < 1.29 is 9.53 Å². The number of carbonyl (C=O) groups is 1. The zero-order chi connectivity index (χ0) is 23.1. The Kier molecular flexibility index (Phi) is 8.75. The molecule has 0 radical (unpaired) electrons. The van der Waals surface area contributed by atoms with E-state index in [-0.39, 0.29) is 18.3 Å². The minimum absolute atomic E-state index is 0.135. The summed E-state index contributed by atoms with van der Waals surface area (Å²) in [4.78, 5) is 20.6. The molecule has 1 heterocycles. The van der Waals surface area contributed by atoms with Gasteiger partial charge in [0.25, 0.3) is 5.91 Å². The van der Waals surface area contributed by atoms with Gasteiger partial charge in [0.1, 0.15) is 6.61 Å². The van der Waals surface area contributed by atoms with E-state index in [2.05, 4.69) is 20.5 Å². The normalized spacial score (nSPS) is 11.0. The molecule has 3 aromatic rings. The number of amides is 1. The van der Waals surface area contributed by atoms with Gasteiger partial charge in [0.15, 0.2) is 10.9 Å². The average molecular weight is 510 g/mol. The van der Waals surface area contributed by atoms with Crippen molar-refractivity contribution in [1.82, 2.24) is 15.4 Å². The summed E-state index contributed by atoms with van der Waals surface area (Å²) >= 11 is 20.0. The van der Waals surface area contributed by atoms with Crippen LogP contribution in [-0.2, 0) is 11.4 Å². The summed E-state index contributed by atoms with van der Waals surface area (Å²) in [5.41, 5.74) is 5.59. The Morgan fingerprint density at radius 2 is 1.72 bits per heavy atom. The fourth-order valence-corrected chi connectivity index (χ4v) is 4.20. The third-order valence-corrected chi connectivity index (χ3v) is 5.82. The van der Waals surface area contributed by atoms with Crippen LogP contribution in [0.1, 0.15) is 22.5 Å². The van der Waals surface area contributed by atoms with E-state index in [1.165, 1.54) is 18.0 Å². The number of thioether (sulfide) groups is 1. The summed E-state index contributed by atoms with van der Waals surface area (Å²) in [5, 5.41) is 5.74. The quantitative estimate of drug-likeness (QED) is 0.178. The number of nitrogens with zero attached hydrogens (tertiary/aromatic N) is 3. The van der Waals surface area contributed by atoms with E-state index in [1.54, 1.807) is 18.2 Å². The second kappa shape index (κ2) is 11.5. The molecule has 1 amide bonds. The Morgan fingerprint density at radius 3 is 2.38 bits per heavy atom. The lowest BCUT2D eigenvalue weighted by Crippen LogP contribution is -2.19. The van der Waals surface area contributed by atoms with Crippen LogP contribution in [0.5, 0.6) is 5.75 Å². The van der Waals surface area contributed by atoms with Crippen LogP contribution < -0.4 is 10.2 Å². The van der Waals surface area contributed by atoms with Crippen LogP contribution in [0.2, 0.25) is 15.1 Å². The molecule has 0 fully saturated rings. The van der Waals surface area contributed by atoms with Crippen LogP contribution in [0, 0.1) is 13.8 Å². The zero-order valence-corrected chi connectivity index (χ0v) is 20.3. The number of carbonyl (C=O) groups excluding carboxylic acids is 1. The molecular formula is C22H19Cl3N4O2S. The predicted octanol–water partition coefficient (Wildman–Crippen LogP) is 5.88. The number of benzene rings is 2. The second-order valence-corrected chi connectivity index (χ2v) is 8.87. The monoisotopic (exact) mass is 508 g/mol. The van der Waals surface area contributed by atoms with E-state index >= 15 is 0 Å². The number of aryl methyl sites for hydroxylation is 2. The van der Waals surface area contributed by atoms with Crippen molar-refractivity contribution in [2.24, 2.45) is 5.10 Å². The van der Waals surface area contributed by atoms with Crippen LogP contribution >= 0.6 is 46.6 Å². The maximum Gasteiger partial charge on any atom is 0.250 e. The second-order valence-electron chi connectivity index (χ2n) is 6.71. The summed E-state index contributed by atoms with van der Waals surface area (Å²) in [6, 6.07) is 12.5. The summed E-state index contributed by atoms with van der Waals surface area (Å²) in [6.45, 7) is 3.99. The Labute approximate surface area is 205 Å². The minimum atomic E-state index is -0.286. The van der Waals surface area contributed by atoms with Crippen LogP contribution in [0.25, 0.3) is 0 Å². The van der Waals surface area contributed by atoms with E-state index in [0.717, 1.165) is 17.0 Å². The van der Waals surface area contributed by atoms with Gasteiger partial charge in [-0.3, -0.25) is 4.79 Å². The number of hydrogen-bond acceptors (Lipinski definition) is 6. The third-order valence-electron chi connectivity index (χ3n) is 4.05. The minimum Gasteiger partial charge on any atom is -0.486 e. The summed E-state index contributed by atoms with van der Waals surface area (Å²) in [7, 11) is 0. The van der Waals surface area contributed by atoms with Crippen molar-refractivity contribution in [1.29, 1.82) is 0 Å². The Hall–Kier alpha value is -2.32. The maximum atomic E-state index is 12.0. The first-order chi connectivity index (χ1) is 15.3. The number of ether oxygens (including phenoxy) is 1. The van der Waals surface area contributed by atoms with Crippen LogP contribution in [0.4, 0.5) is 0 Å². The number of halogens is 3. The van der Waals surface area contributed by atoms with E-state index in [0.29, 0.717) is 31.5 Å². The summed E-state index contributed by atoms with van der Waals surface area (Å²) in [6.07, 6.45) is 1.45. The highest BCUT2D eigenvalue weighted by atomic mass is 35.5. The molecule has 3 rings (SSSR count). The number of hydrogen-bond donors (Lipinski definition) is 1. The van der Waals surface area contributed by atoms with Crippen LogP contribution in [0.15, 0.2) is 52.7 Å². The molecule has 0 saturated carbocycles. The lowest BCUT2D eigenvalue weighted by molar-refractivity contribution is -0.118. The fourth-order valence-electron chi connectivity index (χ4n) is 2.66. The smallest absolute Gasteiger partial charge is 0.250 e. The highest BCUT2D eigenvalue weighted by molar-refractivity contribution is 7.99. The highest BCUT2D eigenvalue weighted by Crippen LogP contribution is 2.34. The SMILES string of the molecule is Cc1cc(C)nc(SCC(=O)N/N=C\c2cc(Cl)c(OCc3ccccc3Cl)c(Cl)c2)n1. The lowest BCUT2D eigenvalue weighted by Gasteiger charge is -2.11. The molecule has 10 heteroatoms. The third kappa shape index (κ3) is 7.10. The van der Waals surface area contributed by atoms with Crippen molar-refractivity contribution in [3.63, 3.8) is 0 Å². The Morgan fingerprint density at radius 1 is 1.06 bits per heavy atom. The first kappa shape index (κ1) is 24.3. The van der Waals surface area contributed by atoms with E-state index in [4.69, 9.17) is 39.5 Å². The molecule has 0 atom stereocenters. The van der Waals surface area contributed by atoms with E-state index in [9.17, 15) is 4.79 Å². The van der Waals surface area contributed by atoms with Crippen molar-refractivity contribution in [2.75, 3.05) is 5.75 Å². The number of hydrazone groups is 1. The van der Waals surface area contributed by atoms with Gasteiger partial charge in [0, 0.05) is 22.0 Å². The summed E-state index contributed by atoms with van der Waals surface area (Å²) < 4.78 is 5.75. The summed E-state index contributed by atoms with van der Waals surface area (Å²) in [5.74, 6) is 0.196. The molecule has 2 aromatic carbocycles. The van der Waals surface area contributed by atoms with Gasteiger partial charge in [0.05, 0.1) is 22.0 Å². The molecule has 6 nitrogen and oxygen atoms in total. The number of aromatic nitrogens is 2. The van der Waals surface area contributed by atoms with Gasteiger partial charge < -0.3 is 4.74 Å². The molecule has 166 valence electrons. The zero-order valence-electron chi connectivity index (χ0n) is 17.2. The van der Waals surface area contributed by atoms with Crippen LogP contribution in [-0.4, -0.2) is 27.8 Å². The van der Waals surface area contributed by atoms with Crippen LogP contribution in [0.3, 0.4) is 0 Å². The standard InChI is InChI=1S/C22H19Cl3N4O2S/c1-13-7-14(2)28-22(27-13)32-12-20(30)29-26-10-15-8-18(24)21(19(25)9-15)31-11-16-5-3-4-6-17(16)23/h3-10H,11-12H2,1-2H3,(H,29,30)/b26-10-. The molecule has 0 unspecified atom stereocenters. The maximum absolute atomic E-state index is 12.0. The molecule has 32 heavy (non-hydrogen) atoms. The van der Waals surface area contributed by atoms with Crippen molar-refractivity contribution in [2.45, 2.75) is 25.6 Å².